The first-order chi connectivity index (χ1) is 9.38. The lowest BCUT2D eigenvalue weighted by Crippen LogP contribution is -2.31. The number of hydrogen-bond donors (Lipinski definition) is 2. The molecule has 20 heavy (non-hydrogen) atoms. The van der Waals surface area contributed by atoms with Gasteiger partial charge in [0.1, 0.15) is 10.0 Å². The van der Waals surface area contributed by atoms with Crippen LogP contribution in [-0.2, 0) is 14.8 Å². The predicted molar refractivity (Wildman–Crippen MR) is 75.2 cm³/mol. The lowest BCUT2D eigenvalue weighted by Gasteiger charge is -2.07. The molecule has 2 rings (SSSR count). The van der Waals surface area contributed by atoms with Gasteiger partial charge in [0.25, 0.3) is 0 Å². The van der Waals surface area contributed by atoms with E-state index in [4.69, 9.17) is 23.2 Å². The first kappa shape index (κ1) is 15.5. The summed E-state index contributed by atoms with van der Waals surface area (Å²) in [6, 6.07) is 1.47. The van der Waals surface area contributed by atoms with Crippen LogP contribution in [0, 0.1) is 0 Å². The second kappa shape index (κ2) is 6.26. The average Bonchev–Trinajstić information content (AvgIpc) is 3.16. The van der Waals surface area contributed by atoms with Crippen molar-refractivity contribution < 1.29 is 13.2 Å². The van der Waals surface area contributed by atoms with Crippen molar-refractivity contribution in [3.63, 3.8) is 0 Å². The highest BCUT2D eigenvalue weighted by Gasteiger charge is 2.23. The van der Waals surface area contributed by atoms with Crippen LogP contribution in [0.5, 0.6) is 0 Å². The molecule has 9 heteroatoms. The minimum absolute atomic E-state index is 0.0150. The van der Waals surface area contributed by atoms with Crippen molar-refractivity contribution >= 4 is 39.1 Å². The molecule has 110 valence electrons. The summed E-state index contributed by atoms with van der Waals surface area (Å²) in [5, 5.41) is 2.86. The number of nitrogens with zero attached hydrogens (tertiary/aromatic N) is 1. The van der Waals surface area contributed by atoms with Gasteiger partial charge in [-0.3, -0.25) is 4.79 Å². The van der Waals surface area contributed by atoms with Gasteiger partial charge in [-0.1, -0.05) is 23.2 Å². The standard InChI is InChI=1S/C11H13Cl2N3O3S/c12-9-5-8(6-14-11(9)13)20(18,19)15-4-3-10(17)16-7-1-2-7/h5-7,15H,1-4H2,(H,16,17). The zero-order valence-corrected chi connectivity index (χ0v) is 12.7. The molecule has 0 saturated heterocycles. The summed E-state index contributed by atoms with van der Waals surface area (Å²) in [5.74, 6) is -0.164. The van der Waals surface area contributed by atoms with Crippen molar-refractivity contribution in [3.8, 4) is 0 Å². The minimum atomic E-state index is -3.74. The van der Waals surface area contributed by atoms with Gasteiger partial charge < -0.3 is 5.32 Å². The van der Waals surface area contributed by atoms with E-state index in [1.54, 1.807) is 0 Å². The molecule has 1 fully saturated rings. The molecule has 0 aliphatic heterocycles. The monoisotopic (exact) mass is 337 g/mol. The maximum absolute atomic E-state index is 11.9. The van der Waals surface area contributed by atoms with Gasteiger partial charge in [0.15, 0.2) is 0 Å². The van der Waals surface area contributed by atoms with Crippen molar-refractivity contribution in [3.05, 3.63) is 22.4 Å². The molecule has 6 nitrogen and oxygen atoms in total. The van der Waals surface area contributed by atoms with Crippen molar-refractivity contribution in [1.82, 2.24) is 15.0 Å². The SMILES string of the molecule is O=C(CCNS(=O)(=O)c1cnc(Cl)c(Cl)c1)NC1CC1. The van der Waals surface area contributed by atoms with Crippen molar-refractivity contribution in [2.75, 3.05) is 6.54 Å². The Kier molecular flexibility index (Phi) is 4.85. The number of aromatic nitrogens is 1. The maximum atomic E-state index is 11.9. The number of halogens is 2. The fourth-order valence-corrected chi connectivity index (χ4v) is 2.80. The molecule has 1 aromatic heterocycles. The normalized spacial score (nSPS) is 15.1. The number of nitrogens with one attached hydrogen (secondary N) is 2. The van der Waals surface area contributed by atoms with E-state index in [9.17, 15) is 13.2 Å². The topological polar surface area (TPSA) is 88.2 Å². The van der Waals surface area contributed by atoms with E-state index in [0.717, 1.165) is 19.0 Å². The third kappa shape index (κ3) is 4.31. The molecule has 1 heterocycles. The van der Waals surface area contributed by atoms with Crippen molar-refractivity contribution in [2.45, 2.75) is 30.2 Å². The summed E-state index contributed by atoms with van der Waals surface area (Å²) in [7, 11) is -3.74. The van der Waals surface area contributed by atoms with Gasteiger partial charge in [0, 0.05) is 25.2 Å². The van der Waals surface area contributed by atoms with Gasteiger partial charge in [-0.05, 0) is 18.9 Å². The van der Waals surface area contributed by atoms with E-state index >= 15 is 0 Å². The molecule has 1 amide bonds. The Bertz CT molecular complexity index is 617. The Morgan fingerprint density at radius 1 is 1.40 bits per heavy atom. The molecule has 1 aliphatic rings. The number of carbonyl (C=O) groups excluding carboxylic acids is 1. The van der Waals surface area contributed by atoms with E-state index < -0.39 is 10.0 Å². The maximum Gasteiger partial charge on any atom is 0.242 e. The smallest absolute Gasteiger partial charge is 0.242 e. The van der Waals surface area contributed by atoms with Crippen LogP contribution in [0.1, 0.15) is 19.3 Å². The van der Waals surface area contributed by atoms with Gasteiger partial charge in [-0.15, -0.1) is 0 Å². The number of pyridine rings is 1. The zero-order valence-electron chi connectivity index (χ0n) is 10.4. The fourth-order valence-electron chi connectivity index (χ4n) is 1.46. The van der Waals surface area contributed by atoms with Crippen molar-refractivity contribution in [2.24, 2.45) is 0 Å². The highest BCUT2D eigenvalue weighted by atomic mass is 35.5. The van der Waals surface area contributed by atoms with Crippen LogP contribution in [-0.4, -0.2) is 31.9 Å². The number of sulfonamides is 1. The Labute approximate surface area is 126 Å². The van der Waals surface area contributed by atoms with E-state index in [2.05, 4.69) is 15.0 Å². The number of hydrogen-bond acceptors (Lipinski definition) is 4. The number of carbonyl (C=O) groups is 1. The van der Waals surface area contributed by atoms with Gasteiger partial charge in [0.2, 0.25) is 15.9 Å². The van der Waals surface area contributed by atoms with Crippen LogP contribution >= 0.6 is 23.2 Å². The molecular formula is C11H13Cl2N3O3S. The van der Waals surface area contributed by atoms with E-state index in [1.807, 2.05) is 0 Å². The lowest BCUT2D eigenvalue weighted by molar-refractivity contribution is -0.121. The third-order valence-corrected chi connectivity index (χ3v) is 4.78. The molecule has 0 radical (unpaired) electrons. The van der Waals surface area contributed by atoms with Gasteiger partial charge >= 0.3 is 0 Å². The highest BCUT2D eigenvalue weighted by Crippen LogP contribution is 2.22. The second-order valence-electron chi connectivity index (χ2n) is 4.43. The van der Waals surface area contributed by atoms with E-state index in [-0.39, 0.29) is 40.0 Å². The summed E-state index contributed by atoms with van der Waals surface area (Å²) in [5.41, 5.74) is 0. The van der Waals surface area contributed by atoms with E-state index in [1.165, 1.54) is 6.07 Å². The molecule has 0 bridgehead atoms. The van der Waals surface area contributed by atoms with E-state index in [0.29, 0.717) is 0 Å². The molecular weight excluding hydrogens is 325 g/mol. The summed E-state index contributed by atoms with van der Waals surface area (Å²) in [4.78, 5) is 15.0. The summed E-state index contributed by atoms with van der Waals surface area (Å²) in [6.07, 6.45) is 3.18. The first-order valence-corrected chi connectivity index (χ1v) is 8.22. The molecule has 1 aromatic rings. The first-order valence-electron chi connectivity index (χ1n) is 5.98. The molecule has 1 saturated carbocycles. The quantitative estimate of drug-likeness (QED) is 0.766. The number of rotatable bonds is 6. The second-order valence-corrected chi connectivity index (χ2v) is 6.97. The van der Waals surface area contributed by atoms with Gasteiger partial charge in [-0.2, -0.15) is 0 Å². The Balaban J connectivity index is 1.89. The van der Waals surface area contributed by atoms with Crippen LogP contribution in [0.4, 0.5) is 0 Å². The van der Waals surface area contributed by atoms with Gasteiger partial charge in [-0.25, -0.2) is 18.1 Å². The van der Waals surface area contributed by atoms with Crippen molar-refractivity contribution in [1.29, 1.82) is 0 Å². The molecule has 0 spiro atoms. The average molecular weight is 338 g/mol. The molecule has 0 aromatic carbocycles. The van der Waals surface area contributed by atoms with Crippen LogP contribution in [0.15, 0.2) is 17.2 Å². The van der Waals surface area contributed by atoms with Crippen LogP contribution in [0.3, 0.4) is 0 Å². The third-order valence-electron chi connectivity index (χ3n) is 2.67. The molecule has 2 N–H and O–H groups in total. The Morgan fingerprint density at radius 3 is 2.70 bits per heavy atom. The molecule has 1 aliphatic carbocycles. The minimum Gasteiger partial charge on any atom is -0.353 e. The zero-order chi connectivity index (χ0) is 14.8. The molecule has 0 unspecified atom stereocenters. The Hall–Kier alpha value is -0.890. The Morgan fingerprint density at radius 2 is 2.10 bits per heavy atom. The molecule has 0 atom stereocenters. The van der Waals surface area contributed by atoms with Crippen LogP contribution in [0.2, 0.25) is 10.2 Å². The van der Waals surface area contributed by atoms with Crippen LogP contribution < -0.4 is 10.0 Å². The lowest BCUT2D eigenvalue weighted by atomic mass is 10.4. The largest absolute Gasteiger partial charge is 0.353 e. The predicted octanol–water partition coefficient (Wildman–Crippen LogP) is 1.34. The highest BCUT2D eigenvalue weighted by molar-refractivity contribution is 7.89. The summed E-state index contributed by atoms with van der Waals surface area (Å²) in [6.45, 7) is 0.0150. The summed E-state index contributed by atoms with van der Waals surface area (Å²) < 4.78 is 26.2. The van der Waals surface area contributed by atoms with Gasteiger partial charge in [0.05, 0.1) is 5.02 Å². The summed E-state index contributed by atoms with van der Waals surface area (Å²) >= 11 is 11.3. The van der Waals surface area contributed by atoms with Crippen LogP contribution in [0.25, 0.3) is 0 Å². The fraction of sp³-hybridized carbons (Fsp3) is 0.455. The number of amides is 1.